The number of anilines is 1. The van der Waals surface area contributed by atoms with E-state index in [0.29, 0.717) is 27.6 Å². The van der Waals surface area contributed by atoms with Crippen LogP contribution in [0, 0.1) is 5.82 Å². The highest BCUT2D eigenvalue weighted by Crippen LogP contribution is 2.34. The summed E-state index contributed by atoms with van der Waals surface area (Å²) in [5.41, 5.74) is 6.91. The van der Waals surface area contributed by atoms with E-state index < -0.39 is 5.82 Å². The van der Waals surface area contributed by atoms with Crippen molar-refractivity contribution in [3.8, 4) is 16.9 Å². The van der Waals surface area contributed by atoms with Crippen molar-refractivity contribution in [2.75, 3.05) is 12.8 Å². The minimum atomic E-state index is -0.398. The van der Waals surface area contributed by atoms with E-state index in [2.05, 4.69) is 0 Å². The summed E-state index contributed by atoms with van der Waals surface area (Å²) in [7, 11) is 1.53. The molecule has 0 aliphatic carbocycles. The van der Waals surface area contributed by atoms with Crippen molar-refractivity contribution >= 4 is 17.3 Å². The molecule has 0 bridgehead atoms. The number of hydrogen-bond donors (Lipinski definition) is 1. The van der Waals surface area contributed by atoms with Gasteiger partial charge in [-0.3, -0.25) is 0 Å². The second kappa shape index (κ2) is 4.63. The van der Waals surface area contributed by atoms with Gasteiger partial charge in [0.2, 0.25) is 0 Å². The van der Waals surface area contributed by atoms with Crippen molar-refractivity contribution in [2.45, 2.75) is 0 Å². The van der Waals surface area contributed by atoms with Crippen LogP contribution in [-0.4, -0.2) is 7.11 Å². The summed E-state index contributed by atoms with van der Waals surface area (Å²) in [6, 6.07) is 9.58. The second-order valence-electron chi connectivity index (χ2n) is 3.58. The van der Waals surface area contributed by atoms with Gasteiger partial charge in [0.25, 0.3) is 0 Å². The van der Waals surface area contributed by atoms with Crippen LogP contribution < -0.4 is 10.5 Å². The molecule has 0 spiro atoms. The SMILES string of the molecule is COc1ccc(Cl)cc1-c1ccc(N)cc1F. The molecule has 2 nitrogen and oxygen atoms in total. The van der Waals surface area contributed by atoms with Crippen LogP contribution in [0.4, 0.5) is 10.1 Å². The molecule has 0 aliphatic rings. The Hall–Kier alpha value is -1.74. The first-order valence-electron chi connectivity index (χ1n) is 5.01. The Morgan fingerprint density at radius 2 is 1.88 bits per heavy atom. The maximum Gasteiger partial charge on any atom is 0.133 e. The number of nitrogens with two attached hydrogens (primary N) is 1. The largest absolute Gasteiger partial charge is 0.496 e. The highest BCUT2D eigenvalue weighted by atomic mass is 35.5. The molecule has 0 radical (unpaired) electrons. The van der Waals surface area contributed by atoms with Crippen LogP contribution >= 0.6 is 11.6 Å². The molecule has 0 atom stereocenters. The monoisotopic (exact) mass is 251 g/mol. The zero-order valence-corrected chi connectivity index (χ0v) is 9.96. The van der Waals surface area contributed by atoms with Crippen LogP contribution in [0.1, 0.15) is 0 Å². The normalized spacial score (nSPS) is 10.3. The average molecular weight is 252 g/mol. The number of hydrogen-bond acceptors (Lipinski definition) is 2. The Labute approximate surface area is 104 Å². The van der Waals surface area contributed by atoms with Gasteiger partial charge in [-0.05, 0) is 36.4 Å². The smallest absolute Gasteiger partial charge is 0.133 e. The quantitative estimate of drug-likeness (QED) is 0.826. The van der Waals surface area contributed by atoms with Gasteiger partial charge in [0.05, 0.1) is 7.11 Å². The fourth-order valence-corrected chi connectivity index (χ4v) is 1.81. The van der Waals surface area contributed by atoms with Crippen molar-refractivity contribution in [2.24, 2.45) is 0 Å². The van der Waals surface area contributed by atoms with E-state index in [0.717, 1.165) is 0 Å². The van der Waals surface area contributed by atoms with Gasteiger partial charge in [-0.15, -0.1) is 0 Å². The average Bonchev–Trinajstić information content (AvgIpc) is 2.29. The summed E-state index contributed by atoms with van der Waals surface area (Å²) in [5, 5.41) is 0.525. The molecule has 2 aromatic rings. The standard InChI is InChI=1S/C13H11ClFNO/c1-17-13-5-2-8(14)6-11(13)10-4-3-9(16)7-12(10)15/h2-7H,16H2,1H3. The molecular formula is C13H11ClFNO. The van der Waals surface area contributed by atoms with Crippen LogP contribution in [0.25, 0.3) is 11.1 Å². The molecule has 0 amide bonds. The van der Waals surface area contributed by atoms with E-state index in [9.17, 15) is 4.39 Å². The molecule has 2 rings (SSSR count). The third-order valence-corrected chi connectivity index (χ3v) is 2.68. The van der Waals surface area contributed by atoms with Crippen LogP contribution in [0.5, 0.6) is 5.75 Å². The Morgan fingerprint density at radius 1 is 1.12 bits per heavy atom. The predicted molar refractivity (Wildman–Crippen MR) is 67.8 cm³/mol. The van der Waals surface area contributed by atoms with Crippen molar-refractivity contribution in [3.05, 3.63) is 47.2 Å². The molecule has 0 saturated heterocycles. The van der Waals surface area contributed by atoms with Gasteiger partial charge < -0.3 is 10.5 Å². The number of benzene rings is 2. The zero-order chi connectivity index (χ0) is 12.4. The summed E-state index contributed by atoms with van der Waals surface area (Å²) in [4.78, 5) is 0. The van der Waals surface area contributed by atoms with Gasteiger partial charge in [0, 0.05) is 21.8 Å². The lowest BCUT2D eigenvalue weighted by molar-refractivity contribution is 0.416. The fourth-order valence-electron chi connectivity index (χ4n) is 1.64. The maximum absolute atomic E-state index is 13.8. The lowest BCUT2D eigenvalue weighted by atomic mass is 10.0. The summed E-state index contributed by atoms with van der Waals surface area (Å²) < 4.78 is 19.0. The molecule has 0 fully saturated rings. The number of ether oxygens (including phenoxy) is 1. The Bertz CT molecular complexity index is 557. The molecule has 0 aromatic heterocycles. The van der Waals surface area contributed by atoms with Crippen LogP contribution in [0.15, 0.2) is 36.4 Å². The first kappa shape index (κ1) is 11.7. The number of nitrogen functional groups attached to an aromatic ring is 1. The molecule has 4 heteroatoms. The lowest BCUT2D eigenvalue weighted by Crippen LogP contribution is -1.92. The van der Waals surface area contributed by atoms with Gasteiger partial charge in [-0.2, -0.15) is 0 Å². The highest BCUT2D eigenvalue weighted by molar-refractivity contribution is 6.31. The van der Waals surface area contributed by atoms with Gasteiger partial charge in [0.1, 0.15) is 11.6 Å². The predicted octanol–water partition coefficient (Wildman–Crippen LogP) is 3.74. The Balaban J connectivity index is 2.62. The van der Waals surface area contributed by atoms with Crippen molar-refractivity contribution in [1.29, 1.82) is 0 Å². The Kier molecular flexibility index (Phi) is 3.20. The molecule has 17 heavy (non-hydrogen) atoms. The van der Waals surface area contributed by atoms with E-state index >= 15 is 0 Å². The van der Waals surface area contributed by atoms with E-state index in [1.807, 2.05) is 0 Å². The van der Waals surface area contributed by atoms with Crippen LogP contribution in [0.2, 0.25) is 5.02 Å². The molecule has 0 saturated carbocycles. The number of methoxy groups -OCH3 is 1. The third kappa shape index (κ3) is 2.34. The molecule has 2 aromatic carbocycles. The topological polar surface area (TPSA) is 35.2 Å². The summed E-state index contributed by atoms with van der Waals surface area (Å²) in [6.45, 7) is 0. The van der Waals surface area contributed by atoms with Crippen molar-refractivity contribution in [3.63, 3.8) is 0 Å². The van der Waals surface area contributed by atoms with E-state index in [1.54, 1.807) is 30.3 Å². The Morgan fingerprint density at radius 3 is 2.53 bits per heavy atom. The van der Waals surface area contributed by atoms with E-state index in [4.69, 9.17) is 22.1 Å². The molecular weight excluding hydrogens is 241 g/mol. The highest BCUT2D eigenvalue weighted by Gasteiger charge is 2.11. The first-order chi connectivity index (χ1) is 8.11. The molecule has 0 aliphatic heterocycles. The minimum absolute atomic E-state index is 0.382. The molecule has 88 valence electrons. The van der Waals surface area contributed by atoms with Gasteiger partial charge >= 0.3 is 0 Å². The third-order valence-electron chi connectivity index (χ3n) is 2.44. The summed E-state index contributed by atoms with van der Waals surface area (Å²) >= 11 is 5.90. The second-order valence-corrected chi connectivity index (χ2v) is 4.02. The van der Waals surface area contributed by atoms with E-state index in [-0.39, 0.29) is 0 Å². The molecule has 2 N–H and O–H groups in total. The first-order valence-corrected chi connectivity index (χ1v) is 5.38. The number of halogens is 2. The zero-order valence-electron chi connectivity index (χ0n) is 9.21. The van der Waals surface area contributed by atoms with Crippen LogP contribution in [0.3, 0.4) is 0 Å². The van der Waals surface area contributed by atoms with Crippen molar-refractivity contribution < 1.29 is 9.13 Å². The van der Waals surface area contributed by atoms with Crippen molar-refractivity contribution in [1.82, 2.24) is 0 Å². The molecule has 0 unspecified atom stereocenters. The summed E-state index contributed by atoms with van der Waals surface area (Å²) in [6.07, 6.45) is 0. The number of rotatable bonds is 2. The van der Waals surface area contributed by atoms with E-state index in [1.165, 1.54) is 13.2 Å². The summed E-state index contributed by atoms with van der Waals surface area (Å²) in [5.74, 6) is 0.170. The maximum atomic E-state index is 13.8. The van der Waals surface area contributed by atoms with Crippen LogP contribution in [-0.2, 0) is 0 Å². The fraction of sp³-hybridized carbons (Fsp3) is 0.0769. The lowest BCUT2D eigenvalue weighted by Gasteiger charge is -2.10. The van der Waals surface area contributed by atoms with Gasteiger partial charge in [-0.1, -0.05) is 11.6 Å². The van der Waals surface area contributed by atoms with Gasteiger partial charge in [-0.25, -0.2) is 4.39 Å². The minimum Gasteiger partial charge on any atom is -0.496 e. The van der Waals surface area contributed by atoms with Gasteiger partial charge in [0.15, 0.2) is 0 Å². The molecule has 0 heterocycles.